The number of hydrogen-bond acceptors (Lipinski definition) is 4. The molecule has 0 saturated heterocycles. The number of carboxylic acids is 1. The molecule has 0 aliphatic heterocycles. The van der Waals surface area contributed by atoms with Gasteiger partial charge in [-0.15, -0.1) is 0 Å². The second-order valence-corrected chi connectivity index (χ2v) is 3.82. The quantitative estimate of drug-likeness (QED) is 0.795. The number of nitrogens with two attached hydrogens (primary N) is 1. The number of fused-ring (bicyclic) bond motifs is 1. The van der Waals surface area contributed by atoms with Crippen molar-refractivity contribution in [3.63, 3.8) is 0 Å². The molecule has 0 aromatic carbocycles. The number of aromatic nitrogens is 3. The first kappa shape index (κ1) is 10.4. The van der Waals surface area contributed by atoms with E-state index in [9.17, 15) is 4.79 Å². The van der Waals surface area contributed by atoms with Gasteiger partial charge in [-0.05, 0) is 19.9 Å². The second kappa shape index (κ2) is 3.48. The molecule has 0 bridgehead atoms. The normalized spacial score (nSPS) is 11.2. The summed E-state index contributed by atoms with van der Waals surface area (Å²) in [5.41, 5.74) is 7.10. The predicted octanol–water partition coefficient (Wildman–Crippen LogP) is 1.29. The molecule has 0 aliphatic carbocycles. The number of rotatable bonds is 2. The number of anilines is 1. The summed E-state index contributed by atoms with van der Waals surface area (Å²) < 4.78 is 1.58. The van der Waals surface area contributed by atoms with Crippen LogP contribution in [0.25, 0.3) is 11.2 Å². The van der Waals surface area contributed by atoms with Crippen molar-refractivity contribution in [2.24, 2.45) is 0 Å². The Morgan fingerprint density at radius 1 is 1.56 bits per heavy atom. The highest BCUT2D eigenvalue weighted by atomic mass is 16.4. The van der Waals surface area contributed by atoms with E-state index in [-0.39, 0.29) is 11.9 Å². The maximum absolute atomic E-state index is 11.0. The van der Waals surface area contributed by atoms with Gasteiger partial charge in [0.25, 0.3) is 0 Å². The molecule has 0 aliphatic rings. The molecule has 6 heteroatoms. The molecule has 0 spiro atoms. The lowest BCUT2D eigenvalue weighted by Gasteiger charge is -2.09. The maximum Gasteiger partial charge on any atom is 0.372 e. The molecular weight excluding hydrogens is 208 g/mol. The summed E-state index contributed by atoms with van der Waals surface area (Å²) in [6.07, 6.45) is 1.49. The van der Waals surface area contributed by atoms with Crippen molar-refractivity contribution in [1.82, 2.24) is 14.5 Å². The van der Waals surface area contributed by atoms with E-state index in [4.69, 9.17) is 10.8 Å². The minimum atomic E-state index is -1.06. The van der Waals surface area contributed by atoms with Crippen molar-refractivity contribution >= 4 is 22.8 Å². The van der Waals surface area contributed by atoms with Gasteiger partial charge in [-0.2, -0.15) is 0 Å². The van der Waals surface area contributed by atoms with Gasteiger partial charge in [0.1, 0.15) is 5.52 Å². The third kappa shape index (κ3) is 1.48. The van der Waals surface area contributed by atoms with Gasteiger partial charge in [0.15, 0.2) is 5.65 Å². The molecule has 3 N–H and O–H groups in total. The van der Waals surface area contributed by atoms with E-state index in [0.717, 1.165) is 0 Å². The van der Waals surface area contributed by atoms with Crippen LogP contribution < -0.4 is 5.73 Å². The number of aromatic carboxylic acids is 1. The Hall–Kier alpha value is -2.11. The minimum absolute atomic E-state index is 0.0110. The SMILES string of the molecule is CC(C)n1c(C(=O)O)nc2cc(N)cnc21. The highest BCUT2D eigenvalue weighted by Gasteiger charge is 2.19. The van der Waals surface area contributed by atoms with Crippen LogP contribution >= 0.6 is 0 Å². The van der Waals surface area contributed by atoms with Crippen LogP contribution in [0.15, 0.2) is 12.3 Å². The summed E-state index contributed by atoms with van der Waals surface area (Å²) in [5, 5.41) is 9.04. The zero-order valence-corrected chi connectivity index (χ0v) is 9.01. The molecule has 2 heterocycles. The zero-order valence-electron chi connectivity index (χ0n) is 9.01. The zero-order chi connectivity index (χ0) is 11.9. The summed E-state index contributed by atoms with van der Waals surface area (Å²) in [4.78, 5) is 19.2. The average molecular weight is 220 g/mol. The van der Waals surface area contributed by atoms with Gasteiger partial charge < -0.3 is 15.4 Å². The molecule has 0 atom stereocenters. The average Bonchev–Trinajstić information content (AvgIpc) is 2.55. The molecule has 0 unspecified atom stereocenters. The van der Waals surface area contributed by atoms with E-state index in [2.05, 4.69) is 9.97 Å². The van der Waals surface area contributed by atoms with Gasteiger partial charge in [0, 0.05) is 6.04 Å². The molecule has 6 nitrogen and oxygen atoms in total. The highest BCUT2D eigenvalue weighted by Crippen LogP contribution is 2.20. The smallest absolute Gasteiger partial charge is 0.372 e. The van der Waals surface area contributed by atoms with Gasteiger partial charge in [-0.3, -0.25) is 0 Å². The van der Waals surface area contributed by atoms with Gasteiger partial charge >= 0.3 is 5.97 Å². The van der Waals surface area contributed by atoms with E-state index in [1.54, 1.807) is 10.6 Å². The molecule has 0 amide bonds. The van der Waals surface area contributed by atoms with Crippen molar-refractivity contribution in [3.05, 3.63) is 18.1 Å². The fourth-order valence-electron chi connectivity index (χ4n) is 1.64. The van der Waals surface area contributed by atoms with Crippen LogP contribution in [0, 0.1) is 0 Å². The molecule has 0 saturated carbocycles. The highest BCUT2D eigenvalue weighted by molar-refractivity contribution is 5.89. The first-order chi connectivity index (χ1) is 7.50. The fraction of sp³-hybridized carbons (Fsp3) is 0.300. The van der Waals surface area contributed by atoms with Crippen molar-refractivity contribution in [2.75, 3.05) is 5.73 Å². The number of carbonyl (C=O) groups is 1. The number of nitrogen functional groups attached to an aromatic ring is 1. The van der Waals surface area contributed by atoms with Gasteiger partial charge in [-0.25, -0.2) is 14.8 Å². The first-order valence-electron chi connectivity index (χ1n) is 4.87. The Labute approximate surface area is 91.7 Å². The Morgan fingerprint density at radius 2 is 2.25 bits per heavy atom. The van der Waals surface area contributed by atoms with Gasteiger partial charge in [0.05, 0.1) is 11.9 Å². The van der Waals surface area contributed by atoms with Crippen LogP contribution in [0.5, 0.6) is 0 Å². The summed E-state index contributed by atoms with van der Waals surface area (Å²) >= 11 is 0. The Balaban J connectivity index is 2.81. The molecule has 2 aromatic rings. The second-order valence-electron chi connectivity index (χ2n) is 3.82. The Bertz CT molecular complexity index is 559. The van der Waals surface area contributed by atoms with Crippen molar-refractivity contribution < 1.29 is 9.90 Å². The molecule has 0 radical (unpaired) electrons. The van der Waals surface area contributed by atoms with E-state index in [1.807, 2.05) is 13.8 Å². The number of hydrogen-bond donors (Lipinski definition) is 2. The van der Waals surface area contributed by atoms with Crippen LogP contribution in [-0.2, 0) is 0 Å². The lowest BCUT2D eigenvalue weighted by atomic mass is 10.3. The molecule has 84 valence electrons. The van der Waals surface area contributed by atoms with E-state index < -0.39 is 5.97 Å². The van der Waals surface area contributed by atoms with E-state index >= 15 is 0 Å². The number of pyridine rings is 1. The predicted molar refractivity (Wildman–Crippen MR) is 59.3 cm³/mol. The summed E-state index contributed by atoms with van der Waals surface area (Å²) in [7, 11) is 0. The topological polar surface area (TPSA) is 94.0 Å². The number of nitrogens with zero attached hydrogens (tertiary/aromatic N) is 3. The number of carboxylic acid groups (broad SMARTS) is 1. The van der Waals surface area contributed by atoms with Crippen LogP contribution in [-0.4, -0.2) is 25.6 Å². The van der Waals surface area contributed by atoms with Crippen LogP contribution in [0.1, 0.15) is 30.5 Å². The largest absolute Gasteiger partial charge is 0.475 e. The fourth-order valence-corrected chi connectivity index (χ4v) is 1.64. The first-order valence-corrected chi connectivity index (χ1v) is 4.87. The molecule has 16 heavy (non-hydrogen) atoms. The summed E-state index contributed by atoms with van der Waals surface area (Å²) in [5.74, 6) is -1.08. The monoisotopic (exact) mass is 220 g/mol. The van der Waals surface area contributed by atoms with E-state index in [0.29, 0.717) is 16.9 Å². The standard InChI is InChI=1S/C10H12N4O2/c1-5(2)14-8-7(3-6(11)4-12-8)13-9(14)10(15)16/h3-5H,11H2,1-2H3,(H,15,16). The maximum atomic E-state index is 11.0. The Kier molecular flexibility index (Phi) is 2.26. The third-order valence-corrected chi connectivity index (χ3v) is 2.26. The Morgan fingerprint density at radius 3 is 2.81 bits per heavy atom. The van der Waals surface area contributed by atoms with Crippen LogP contribution in [0.2, 0.25) is 0 Å². The summed E-state index contributed by atoms with van der Waals surface area (Å²) in [6.45, 7) is 3.76. The lowest BCUT2D eigenvalue weighted by Crippen LogP contribution is -2.12. The molecular formula is C10H12N4O2. The number of imidazole rings is 1. The molecule has 2 rings (SSSR count). The van der Waals surface area contributed by atoms with Crippen molar-refractivity contribution in [1.29, 1.82) is 0 Å². The van der Waals surface area contributed by atoms with Crippen molar-refractivity contribution in [2.45, 2.75) is 19.9 Å². The molecule has 0 fully saturated rings. The van der Waals surface area contributed by atoms with Gasteiger partial charge in [-0.1, -0.05) is 0 Å². The summed E-state index contributed by atoms with van der Waals surface area (Å²) in [6, 6.07) is 1.60. The minimum Gasteiger partial charge on any atom is -0.475 e. The lowest BCUT2D eigenvalue weighted by molar-refractivity contribution is 0.0677. The van der Waals surface area contributed by atoms with E-state index in [1.165, 1.54) is 6.20 Å². The van der Waals surface area contributed by atoms with Gasteiger partial charge in [0.2, 0.25) is 5.82 Å². The van der Waals surface area contributed by atoms with Crippen molar-refractivity contribution in [3.8, 4) is 0 Å². The third-order valence-electron chi connectivity index (χ3n) is 2.26. The van der Waals surface area contributed by atoms with Crippen LogP contribution in [0.4, 0.5) is 5.69 Å². The van der Waals surface area contributed by atoms with Crippen LogP contribution in [0.3, 0.4) is 0 Å². The molecule has 2 aromatic heterocycles.